The summed E-state index contributed by atoms with van der Waals surface area (Å²) in [5, 5.41) is 24.4. The first-order valence-electron chi connectivity index (χ1n) is 14.2. The molecule has 45 heavy (non-hydrogen) atoms. The van der Waals surface area contributed by atoms with Gasteiger partial charge in [-0.05, 0) is 74.1 Å². The summed E-state index contributed by atoms with van der Waals surface area (Å²) in [7, 11) is 1.23. The summed E-state index contributed by atoms with van der Waals surface area (Å²) >= 11 is 0. The number of hydrogen-bond acceptors (Lipinski definition) is 7. The van der Waals surface area contributed by atoms with Gasteiger partial charge in [-0.2, -0.15) is 0 Å². The predicted molar refractivity (Wildman–Crippen MR) is 173 cm³/mol. The molecule has 10 heteroatoms. The van der Waals surface area contributed by atoms with E-state index in [1.165, 1.54) is 7.11 Å². The Hall–Kier alpha value is -4.54. The van der Waals surface area contributed by atoms with E-state index in [1.807, 2.05) is 39.0 Å². The number of carboxylic acids is 1. The second kappa shape index (κ2) is 11.8. The van der Waals surface area contributed by atoms with Crippen molar-refractivity contribution in [3.05, 3.63) is 116 Å². The quantitative estimate of drug-likeness (QED) is 0.388. The van der Waals surface area contributed by atoms with E-state index in [1.54, 1.807) is 19.1 Å². The number of ether oxygens (including phenoxy) is 1. The van der Waals surface area contributed by atoms with E-state index < -0.39 is 23.6 Å². The number of carboxylic acid groups (broad SMARTS) is 1. The Balaban J connectivity index is 0.00000400. The first kappa shape index (κ1) is 31.9. The smallest absolute Gasteiger partial charge is 0.874 e. The summed E-state index contributed by atoms with van der Waals surface area (Å²) in [4.78, 5) is 44.5. The molecule has 0 unspecified atom stereocenters. The Morgan fingerprint density at radius 1 is 0.978 bits per heavy atom. The number of carbonyl (C=O) groups excluding carboxylic acids is 1. The molecular formula is C35H30MgN4O5. The van der Waals surface area contributed by atoms with Gasteiger partial charge in [0.05, 0.1) is 47.3 Å². The number of hydrogen-bond donors (Lipinski definition) is 1. The molecule has 1 N–H and O–H groups in total. The Bertz CT molecular complexity index is 2070. The van der Waals surface area contributed by atoms with Crippen molar-refractivity contribution < 1.29 is 24.5 Å². The maximum Gasteiger partial charge on any atom is 2.00 e. The van der Waals surface area contributed by atoms with Crippen molar-refractivity contribution >= 4 is 63.8 Å². The van der Waals surface area contributed by atoms with Crippen LogP contribution in [-0.2, 0) is 20.7 Å². The van der Waals surface area contributed by atoms with Crippen LogP contribution in [0, 0.1) is 12.8 Å². The van der Waals surface area contributed by atoms with Crippen LogP contribution < -0.4 is 20.8 Å². The van der Waals surface area contributed by atoms with Crippen molar-refractivity contribution in [1.82, 2.24) is 4.98 Å². The number of aliphatic carboxylic acids is 1. The molecule has 0 spiro atoms. The number of fused-ring (bicyclic) bond motifs is 5. The third-order valence-electron chi connectivity index (χ3n) is 8.76. The van der Waals surface area contributed by atoms with Crippen LogP contribution >= 0.6 is 0 Å². The van der Waals surface area contributed by atoms with E-state index in [2.05, 4.69) is 13.2 Å². The van der Waals surface area contributed by atoms with Crippen LogP contribution in [0.25, 0.3) is 11.6 Å². The van der Waals surface area contributed by atoms with Crippen LogP contribution in [0.1, 0.15) is 38.3 Å². The molecule has 1 aromatic heterocycles. The zero-order valence-electron chi connectivity index (χ0n) is 25.9. The molecule has 9 nitrogen and oxygen atoms in total. The second-order valence-corrected chi connectivity index (χ2v) is 11.1. The summed E-state index contributed by atoms with van der Waals surface area (Å²) < 4.78 is 5.09. The van der Waals surface area contributed by atoms with E-state index in [0.29, 0.717) is 61.5 Å². The van der Waals surface area contributed by atoms with Crippen LogP contribution in [0.15, 0.2) is 109 Å². The number of aromatic nitrogens is 1. The molecule has 0 fully saturated rings. The van der Waals surface area contributed by atoms with E-state index >= 15 is 0 Å². The summed E-state index contributed by atoms with van der Waals surface area (Å²) in [6, 6.07) is 0. The third-order valence-corrected chi connectivity index (χ3v) is 8.76. The molecular weight excluding hydrogens is 581 g/mol. The molecule has 1 aliphatic carbocycles. The number of allylic oxidation sites excluding steroid dienone is 8. The Labute approximate surface area is 276 Å². The Morgan fingerprint density at radius 2 is 1.58 bits per heavy atom. The van der Waals surface area contributed by atoms with Gasteiger partial charge in [-0.15, -0.1) is 16.5 Å². The molecule has 0 saturated carbocycles. The minimum atomic E-state index is -1.28. The third kappa shape index (κ3) is 4.88. The largest absolute Gasteiger partial charge is 2.00 e. The van der Waals surface area contributed by atoms with E-state index in [0.717, 1.165) is 33.6 Å². The van der Waals surface area contributed by atoms with Crippen molar-refractivity contribution in [3.63, 3.8) is 0 Å². The fourth-order valence-corrected chi connectivity index (χ4v) is 6.32. The standard InChI is InChI=1S/C35H32N4O5.Mg/c1-8-19-15(3)22-12-24-17(5)21(10-11-28(40)41)32(38-24)30-31(35(43)44-7)34(42)29-18(6)25(39-33(29)30)14-27-20(9-2)16(4)23(37-27)13-26(19)36-22;/h8-9,12-14,31H,1-2,10-11H2,3-7H3,(H3,36,37,38,39,40,41,42);/q;+2/p-2/t31-;/m1./s1. The normalized spacial score (nSPS) is 20.0. The average Bonchev–Trinajstić information content (AvgIpc) is 3.72. The van der Waals surface area contributed by atoms with Gasteiger partial charge in [0.1, 0.15) is 0 Å². The molecule has 1 atom stereocenters. The van der Waals surface area contributed by atoms with Crippen molar-refractivity contribution in [3.8, 4) is 0 Å². The monoisotopic (exact) mass is 610 g/mol. The van der Waals surface area contributed by atoms with Gasteiger partial charge in [0, 0.05) is 17.6 Å². The number of rotatable bonds is 6. The molecule has 222 valence electrons. The van der Waals surface area contributed by atoms with Gasteiger partial charge < -0.3 is 19.9 Å². The fourth-order valence-electron chi connectivity index (χ4n) is 6.32. The maximum atomic E-state index is 13.9. The second-order valence-electron chi connectivity index (χ2n) is 11.1. The molecule has 5 aliphatic rings. The first-order valence-corrected chi connectivity index (χ1v) is 14.2. The zero-order valence-corrected chi connectivity index (χ0v) is 27.3. The maximum absolute atomic E-state index is 13.9. The SMILES string of the molecule is C=CC1=C(C)C2=NC1=CC1=C(C)C3=C([O-])[C@H](C(=O)OC)C(=c4[n-]c(c(C)c4CCC(=O)O)=CC4=NC(=C2)C(C=C)=C4C)C3=N1.[Mg+2]. The minimum Gasteiger partial charge on any atom is -0.874 e. The predicted octanol–water partition coefficient (Wildman–Crippen LogP) is 2.36. The van der Waals surface area contributed by atoms with Crippen molar-refractivity contribution in [2.24, 2.45) is 20.9 Å². The number of methoxy groups -OCH3 is 1. The van der Waals surface area contributed by atoms with Crippen LogP contribution in [0.4, 0.5) is 0 Å². The van der Waals surface area contributed by atoms with Gasteiger partial charge in [0.15, 0.2) is 0 Å². The van der Waals surface area contributed by atoms with Gasteiger partial charge in [-0.1, -0.05) is 42.5 Å². The average molecular weight is 611 g/mol. The Kier molecular flexibility index (Phi) is 8.32. The van der Waals surface area contributed by atoms with E-state index in [9.17, 15) is 19.8 Å². The van der Waals surface area contributed by atoms with Gasteiger partial charge >= 0.3 is 35.0 Å². The number of nitrogens with zero attached hydrogens (tertiary/aromatic N) is 4. The zero-order chi connectivity index (χ0) is 31.6. The topological polar surface area (TPSA) is 138 Å². The van der Waals surface area contributed by atoms with Crippen molar-refractivity contribution in [2.75, 3.05) is 7.11 Å². The van der Waals surface area contributed by atoms with Gasteiger partial charge in [-0.3, -0.25) is 9.59 Å². The molecule has 5 heterocycles. The van der Waals surface area contributed by atoms with E-state index in [4.69, 9.17) is 24.7 Å². The van der Waals surface area contributed by atoms with Crippen LogP contribution in [-0.4, -0.2) is 64.3 Å². The summed E-state index contributed by atoms with van der Waals surface area (Å²) in [5.74, 6) is -3.41. The van der Waals surface area contributed by atoms with Gasteiger partial charge in [-0.25, -0.2) is 15.0 Å². The minimum absolute atomic E-state index is 0. The molecule has 0 saturated heterocycles. The molecule has 6 rings (SSSR count). The number of aliphatic imine (C=N–C) groups is 3. The molecule has 0 radical (unpaired) electrons. The van der Waals surface area contributed by atoms with Crippen LogP contribution in [0.2, 0.25) is 0 Å². The molecule has 1 aromatic rings. The van der Waals surface area contributed by atoms with Crippen LogP contribution in [0.3, 0.4) is 0 Å². The van der Waals surface area contributed by atoms with Crippen molar-refractivity contribution in [2.45, 2.75) is 40.5 Å². The first-order chi connectivity index (χ1) is 21.0. The summed E-state index contributed by atoms with van der Waals surface area (Å²) in [6.07, 6.45) is 9.06. The molecule has 0 aromatic carbocycles. The fraction of sp³-hybridized carbons (Fsp3) is 0.229. The van der Waals surface area contributed by atoms with E-state index in [-0.39, 0.29) is 35.9 Å². The number of carbonyl (C=O) groups is 2. The molecule has 0 amide bonds. The molecule has 8 bridgehead atoms. The summed E-state index contributed by atoms with van der Waals surface area (Å²) in [5.41, 5.74) is 9.70. The van der Waals surface area contributed by atoms with Crippen LogP contribution in [0.5, 0.6) is 0 Å². The van der Waals surface area contributed by atoms with Crippen molar-refractivity contribution in [1.29, 1.82) is 0 Å². The molecule has 4 aliphatic heterocycles. The number of esters is 1. The van der Waals surface area contributed by atoms with Gasteiger partial charge in [0.2, 0.25) is 0 Å². The summed E-state index contributed by atoms with van der Waals surface area (Å²) in [6.45, 7) is 15.6. The Morgan fingerprint density at radius 3 is 2.16 bits per heavy atom. The van der Waals surface area contributed by atoms with Gasteiger partial charge in [0.25, 0.3) is 0 Å².